The summed E-state index contributed by atoms with van der Waals surface area (Å²) in [7, 11) is 1.62. The van der Waals surface area contributed by atoms with Gasteiger partial charge < -0.3 is 9.47 Å². The van der Waals surface area contributed by atoms with E-state index in [-0.39, 0.29) is 0 Å². The van der Waals surface area contributed by atoms with Gasteiger partial charge in [0.15, 0.2) is 0 Å². The lowest BCUT2D eigenvalue weighted by Gasteiger charge is -2.12. The molecule has 0 spiro atoms. The van der Waals surface area contributed by atoms with Crippen LogP contribution >= 0.6 is 23.2 Å². The molecule has 0 bridgehead atoms. The molecule has 0 heterocycles. The maximum absolute atomic E-state index is 6.09. The van der Waals surface area contributed by atoms with Crippen LogP contribution in [0.4, 0.5) is 0 Å². The molecule has 100 valence electrons. The Morgan fingerprint density at radius 2 is 1.84 bits per heavy atom. The van der Waals surface area contributed by atoms with Gasteiger partial charge in [0.2, 0.25) is 0 Å². The van der Waals surface area contributed by atoms with Crippen molar-refractivity contribution in [2.45, 2.75) is 12.5 Å². The van der Waals surface area contributed by atoms with E-state index < -0.39 is 0 Å². The van der Waals surface area contributed by atoms with Crippen LogP contribution in [0, 0.1) is 0 Å². The van der Waals surface area contributed by atoms with Crippen LogP contribution in [-0.2, 0) is 12.5 Å². The van der Waals surface area contributed by atoms with Crippen molar-refractivity contribution in [3.63, 3.8) is 0 Å². The fourth-order valence-corrected chi connectivity index (χ4v) is 2.10. The Labute approximate surface area is 122 Å². The van der Waals surface area contributed by atoms with Crippen molar-refractivity contribution in [3.8, 4) is 11.5 Å². The summed E-state index contributed by atoms with van der Waals surface area (Å²) in [4.78, 5) is 0. The van der Waals surface area contributed by atoms with Gasteiger partial charge in [0.05, 0.1) is 13.0 Å². The molecule has 19 heavy (non-hydrogen) atoms. The number of methoxy groups -OCH3 is 1. The van der Waals surface area contributed by atoms with Crippen molar-refractivity contribution in [2.75, 3.05) is 7.11 Å². The summed E-state index contributed by atoms with van der Waals surface area (Å²) >= 11 is 12.0. The number of rotatable bonds is 5. The minimum atomic E-state index is 0.370. The first-order chi connectivity index (χ1) is 9.24. The lowest BCUT2D eigenvalue weighted by molar-refractivity contribution is 0.303. The molecule has 0 fully saturated rings. The molecular formula is C15H14Cl2O2. The Kier molecular flexibility index (Phi) is 4.94. The molecule has 0 saturated heterocycles. The van der Waals surface area contributed by atoms with E-state index in [0.717, 1.165) is 22.6 Å². The van der Waals surface area contributed by atoms with Crippen LogP contribution in [0.1, 0.15) is 11.1 Å². The number of halogens is 2. The van der Waals surface area contributed by atoms with Gasteiger partial charge in [-0.25, -0.2) is 0 Å². The first-order valence-corrected chi connectivity index (χ1v) is 6.75. The third-order valence-electron chi connectivity index (χ3n) is 2.75. The highest BCUT2D eigenvalue weighted by atomic mass is 35.5. The molecule has 0 aromatic heterocycles. The third kappa shape index (κ3) is 3.55. The van der Waals surface area contributed by atoms with Gasteiger partial charge in [-0.1, -0.05) is 29.8 Å². The second-order valence-electron chi connectivity index (χ2n) is 3.99. The summed E-state index contributed by atoms with van der Waals surface area (Å²) in [6, 6.07) is 13.2. The van der Waals surface area contributed by atoms with E-state index >= 15 is 0 Å². The summed E-state index contributed by atoms with van der Waals surface area (Å²) in [5.74, 6) is 1.88. The fourth-order valence-electron chi connectivity index (χ4n) is 1.70. The van der Waals surface area contributed by atoms with E-state index in [4.69, 9.17) is 32.7 Å². The molecule has 0 N–H and O–H groups in total. The zero-order valence-electron chi connectivity index (χ0n) is 10.5. The van der Waals surface area contributed by atoms with Crippen LogP contribution in [0.15, 0.2) is 42.5 Å². The Hall–Kier alpha value is -1.38. The third-order valence-corrected chi connectivity index (χ3v) is 3.41. The van der Waals surface area contributed by atoms with Crippen molar-refractivity contribution >= 4 is 23.2 Å². The Morgan fingerprint density at radius 1 is 1.05 bits per heavy atom. The van der Waals surface area contributed by atoms with E-state index in [9.17, 15) is 0 Å². The zero-order chi connectivity index (χ0) is 13.7. The van der Waals surface area contributed by atoms with Crippen LogP contribution in [0.2, 0.25) is 5.02 Å². The van der Waals surface area contributed by atoms with E-state index in [1.807, 2.05) is 42.5 Å². The maximum Gasteiger partial charge on any atom is 0.124 e. The molecule has 0 aliphatic heterocycles. The number of benzene rings is 2. The van der Waals surface area contributed by atoms with E-state index in [1.54, 1.807) is 7.11 Å². The van der Waals surface area contributed by atoms with Crippen LogP contribution in [0.3, 0.4) is 0 Å². The lowest BCUT2D eigenvalue weighted by atomic mass is 10.2. The van der Waals surface area contributed by atoms with Gasteiger partial charge in [0.25, 0.3) is 0 Å². The summed E-state index contributed by atoms with van der Waals surface area (Å²) < 4.78 is 10.9. The first kappa shape index (κ1) is 14.0. The van der Waals surface area contributed by atoms with Crippen LogP contribution in [0.5, 0.6) is 11.5 Å². The Balaban J connectivity index is 2.13. The minimum absolute atomic E-state index is 0.370. The predicted octanol–water partition coefficient (Wildman–Crippen LogP) is 4.67. The summed E-state index contributed by atoms with van der Waals surface area (Å²) in [5.41, 5.74) is 1.84. The number of hydrogen-bond donors (Lipinski definition) is 0. The molecule has 2 rings (SSSR count). The highest BCUT2D eigenvalue weighted by Gasteiger charge is 2.06. The summed E-state index contributed by atoms with van der Waals surface area (Å²) in [6.45, 7) is 0.413. The minimum Gasteiger partial charge on any atom is -0.497 e. The molecule has 2 aromatic rings. The average Bonchev–Trinajstić information content (AvgIpc) is 2.46. The molecule has 0 aliphatic carbocycles. The molecule has 0 unspecified atom stereocenters. The van der Waals surface area contributed by atoms with Gasteiger partial charge in [-0.05, 0) is 24.3 Å². The second-order valence-corrected chi connectivity index (χ2v) is 4.66. The van der Waals surface area contributed by atoms with E-state index in [1.165, 1.54) is 0 Å². The van der Waals surface area contributed by atoms with Crippen molar-refractivity contribution in [1.82, 2.24) is 0 Å². The zero-order valence-corrected chi connectivity index (χ0v) is 12.0. The van der Waals surface area contributed by atoms with Gasteiger partial charge in [-0.15, -0.1) is 11.6 Å². The number of hydrogen-bond acceptors (Lipinski definition) is 2. The normalized spacial score (nSPS) is 10.3. The average molecular weight is 297 g/mol. The van der Waals surface area contributed by atoms with E-state index in [0.29, 0.717) is 17.5 Å². The van der Waals surface area contributed by atoms with Crippen LogP contribution < -0.4 is 9.47 Å². The van der Waals surface area contributed by atoms with E-state index in [2.05, 4.69) is 0 Å². The predicted molar refractivity (Wildman–Crippen MR) is 78.3 cm³/mol. The van der Waals surface area contributed by atoms with Crippen molar-refractivity contribution < 1.29 is 9.47 Å². The molecule has 2 aromatic carbocycles. The van der Waals surface area contributed by atoms with Crippen LogP contribution in [0.25, 0.3) is 0 Å². The van der Waals surface area contributed by atoms with Gasteiger partial charge >= 0.3 is 0 Å². The fraction of sp³-hybridized carbons (Fsp3) is 0.200. The number of alkyl halides is 1. The van der Waals surface area contributed by atoms with Crippen molar-refractivity contribution in [3.05, 3.63) is 58.6 Å². The molecule has 0 saturated carbocycles. The summed E-state index contributed by atoms with van der Waals surface area (Å²) in [6.07, 6.45) is 0. The topological polar surface area (TPSA) is 18.5 Å². The van der Waals surface area contributed by atoms with Crippen molar-refractivity contribution in [2.24, 2.45) is 0 Å². The Morgan fingerprint density at radius 3 is 2.53 bits per heavy atom. The van der Waals surface area contributed by atoms with Crippen molar-refractivity contribution in [1.29, 1.82) is 0 Å². The Bertz CT molecular complexity index is 556. The quantitative estimate of drug-likeness (QED) is 0.747. The number of ether oxygens (including phenoxy) is 2. The van der Waals surface area contributed by atoms with Crippen LogP contribution in [-0.4, -0.2) is 7.11 Å². The lowest BCUT2D eigenvalue weighted by Crippen LogP contribution is -1.99. The van der Waals surface area contributed by atoms with Gasteiger partial charge in [0, 0.05) is 16.1 Å². The first-order valence-electron chi connectivity index (χ1n) is 5.83. The largest absolute Gasteiger partial charge is 0.497 e. The molecule has 0 radical (unpaired) electrons. The summed E-state index contributed by atoms with van der Waals surface area (Å²) in [5, 5.41) is 0.698. The second kappa shape index (κ2) is 6.69. The molecule has 0 aliphatic rings. The monoisotopic (exact) mass is 296 g/mol. The molecule has 0 atom stereocenters. The molecule has 0 amide bonds. The highest BCUT2D eigenvalue weighted by molar-refractivity contribution is 6.31. The SMILES string of the molecule is COc1ccc(OCc2ccccc2Cl)c(CCl)c1. The van der Waals surface area contributed by atoms with Gasteiger partial charge in [0.1, 0.15) is 18.1 Å². The molecule has 4 heteroatoms. The van der Waals surface area contributed by atoms with Gasteiger partial charge in [-0.2, -0.15) is 0 Å². The standard InChI is InChI=1S/C15H14Cl2O2/c1-18-13-6-7-15(12(8-13)9-16)19-10-11-4-2-3-5-14(11)17/h2-8H,9-10H2,1H3. The molecule has 2 nitrogen and oxygen atoms in total. The highest BCUT2D eigenvalue weighted by Crippen LogP contribution is 2.27. The molecular weight excluding hydrogens is 283 g/mol. The smallest absolute Gasteiger partial charge is 0.124 e. The van der Waals surface area contributed by atoms with Gasteiger partial charge in [-0.3, -0.25) is 0 Å². The maximum atomic E-state index is 6.09.